The molecule has 0 atom stereocenters. The number of nitrogens with zero attached hydrogens (tertiary/aromatic N) is 1. The Kier molecular flexibility index (Phi) is 3.79. The highest BCUT2D eigenvalue weighted by Crippen LogP contribution is 2.36. The van der Waals surface area contributed by atoms with Crippen molar-refractivity contribution in [2.45, 2.75) is 45.2 Å². The lowest BCUT2D eigenvalue weighted by Crippen LogP contribution is -2.35. The lowest BCUT2D eigenvalue weighted by atomic mass is 10.1. The summed E-state index contributed by atoms with van der Waals surface area (Å²) in [6.07, 6.45) is 4.10. The number of rotatable bonds is 6. The van der Waals surface area contributed by atoms with Gasteiger partial charge in [0.25, 0.3) is 5.56 Å². The van der Waals surface area contributed by atoms with E-state index < -0.39 is 0 Å². The monoisotopic (exact) mass is 326 g/mol. The van der Waals surface area contributed by atoms with Gasteiger partial charge in [-0.1, -0.05) is 0 Å². The number of hydrogen-bond donors (Lipinski definition) is 1. The topological polar surface area (TPSA) is 62.4 Å². The fraction of sp³-hybridized carbons (Fsp3) is 0.474. The molecule has 2 aromatic rings. The van der Waals surface area contributed by atoms with Gasteiger partial charge in [-0.3, -0.25) is 9.59 Å². The second kappa shape index (κ2) is 5.96. The number of carbonyl (C=O) groups is 1. The van der Waals surface area contributed by atoms with Crippen LogP contribution >= 0.6 is 0 Å². The summed E-state index contributed by atoms with van der Waals surface area (Å²) >= 11 is 0. The first-order chi connectivity index (χ1) is 11.7. The van der Waals surface area contributed by atoms with Gasteiger partial charge in [0.15, 0.2) is 0 Å². The highest BCUT2D eigenvalue weighted by molar-refractivity contribution is 5.82. The van der Waals surface area contributed by atoms with Crippen molar-refractivity contribution >= 4 is 16.8 Å². The third-order valence-corrected chi connectivity index (χ3v) is 4.74. The van der Waals surface area contributed by atoms with Gasteiger partial charge in [0.2, 0.25) is 5.91 Å². The van der Waals surface area contributed by atoms with Crippen LogP contribution in [0, 0.1) is 5.92 Å². The van der Waals surface area contributed by atoms with Gasteiger partial charge < -0.3 is 14.6 Å². The Bertz CT molecular complexity index is 834. The van der Waals surface area contributed by atoms with Crippen LogP contribution < -0.4 is 10.3 Å². The zero-order valence-electron chi connectivity index (χ0n) is 13.9. The average molecular weight is 326 g/mol. The number of amides is 1. The van der Waals surface area contributed by atoms with Crippen LogP contribution in [0.15, 0.2) is 29.1 Å². The standard InChI is InChI=1S/C19H22N2O3/c1-2-24-16-7-8-17-13(10-16)9-14(18(22)20-17)11-21(15-5-6-15)19(23)12-3-4-12/h7-10,12,15H,2-6,11H2,1H3,(H,20,22). The minimum atomic E-state index is -0.110. The van der Waals surface area contributed by atoms with Gasteiger partial charge in [-0.05, 0) is 56.9 Å². The Morgan fingerprint density at radius 2 is 2.04 bits per heavy atom. The summed E-state index contributed by atoms with van der Waals surface area (Å²) in [5.74, 6) is 1.20. The minimum Gasteiger partial charge on any atom is -0.494 e. The third kappa shape index (κ3) is 3.03. The Hall–Kier alpha value is -2.30. The maximum Gasteiger partial charge on any atom is 0.253 e. The minimum absolute atomic E-state index is 0.110. The molecule has 2 fully saturated rings. The number of carbonyl (C=O) groups excluding carboxylic acids is 1. The Labute approximate surface area is 140 Å². The maximum atomic E-state index is 12.5. The van der Waals surface area contributed by atoms with Gasteiger partial charge in [-0.25, -0.2) is 0 Å². The first-order valence-electron chi connectivity index (χ1n) is 8.75. The van der Waals surface area contributed by atoms with Gasteiger partial charge in [-0.2, -0.15) is 0 Å². The van der Waals surface area contributed by atoms with E-state index in [-0.39, 0.29) is 17.4 Å². The largest absolute Gasteiger partial charge is 0.494 e. The smallest absolute Gasteiger partial charge is 0.253 e. The van der Waals surface area contributed by atoms with Gasteiger partial charge in [0, 0.05) is 28.4 Å². The molecule has 1 heterocycles. The molecular formula is C19H22N2O3. The summed E-state index contributed by atoms with van der Waals surface area (Å²) in [6.45, 7) is 2.96. The predicted molar refractivity (Wildman–Crippen MR) is 92.0 cm³/mol. The van der Waals surface area contributed by atoms with E-state index >= 15 is 0 Å². The highest BCUT2D eigenvalue weighted by atomic mass is 16.5. The number of nitrogens with one attached hydrogen (secondary N) is 1. The molecule has 0 spiro atoms. The van der Waals surface area contributed by atoms with E-state index in [0.717, 1.165) is 42.3 Å². The number of ether oxygens (including phenoxy) is 1. The Balaban J connectivity index is 1.65. The lowest BCUT2D eigenvalue weighted by Gasteiger charge is -2.22. The lowest BCUT2D eigenvalue weighted by molar-refractivity contribution is -0.133. The van der Waals surface area contributed by atoms with Gasteiger partial charge in [-0.15, -0.1) is 0 Å². The van der Waals surface area contributed by atoms with E-state index in [1.807, 2.05) is 36.1 Å². The van der Waals surface area contributed by atoms with E-state index in [1.165, 1.54) is 0 Å². The second-order valence-electron chi connectivity index (χ2n) is 6.78. The van der Waals surface area contributed by atoms with Gasteiger partial charge in [0.05, 0.1) is 13.2 Å². The molecule has 1 aromatic carbocycles. The van der Waals surface area contributed by atoms with Crippen molar-refractivity contribution in [3.8, 4) is 5.75 Å². The van der Waals surface area contributed by atoms with Crippen molar-refractivity contribution in [1.29, 1.82) is 0 Å². The van der Waals surface area contributed by atoms with E-state index in [2.05, 4.69) is 4.98 Å². The van der Waals surface area contributed by atoms with Crippen LogP contribution in [-0.2, 0) is 11.3 Å². The van der Waals surface area contributed by atoms with Crippen LogP contribution in [-0.4, -0.2) is 28.4 Å². The van der Waals surface area contributed by atoms with Crippen molar-refractivity contribution in [3.63, 3.8) is 0 Å². The predicted octanol–water partition coefficient (Wildman–Crippen LogP) is 2.83. The summed E-state index contributed by atoms with van der Waals surface area (Å²) < 4.78 is 5.53. The number of aromatic nitrogens is 1. The molecule has 0 aliphatic heterocycles. The third-order valence-electron chi connectivity index (χ3n) is 4.74. The fourth-order valence-corrected chi connectivity index (χ4v) is 3.13. The highest BCUT2D eigenvalue weighted by Gasteiger charge is 2.40. The second-order valence-corrected chi connectivity index (χ2v) is 6.78. The molecule has 2 aliphatic rings. The molecule has 0 bridgehead atoms. The molecule has 1 aromatic heterocycles. The molecule has 0 unspecified atom stereocenters. The summed E-state index contributed by atoms with van der Waals surface area (Å²) in [5, 5.41) is 0.935. The summed E-state index contributed by atoms with van der Waals surface area (Å²) in [6, 6.07) is 7.87. The molecule has 24 heavy (non-hydrogen) atoms. The molecule has 1 amide bonds. The van der Waals surface area contributed by atoms with E-state index in [1.54, 1.807) is 0 Å². The molecule has 126 valence electrons. The SMILES string of the molecule is CCOc1ccc2[nH]c(=O)c(CN(C(=O)C3CC3)C3CC3)cc2c1. The zero-order valence-corrected chi connectivity index (χ0v) is 13.9. The summed E-state index contributed by atoms with van der Waals surface area (Å²) in [4.78, 5) is 29.7. The Morgan fingerprint density at radius 1 is 1.25 bits per heavy atom. The zero-order chi connectivity index (χ0) is 16.7. The molecule has 5 nitrogen and oxygen atoms in total. The molecule has 2 aliphatic carbocycles. The first kappa shape index (κ1) is 15.2. The van der Waals surface area contributed by atoms with Crippen LogP contribution in [0.2, 0.25) is 0 Å². The van der Waals surface area contributed by atoms with Crippen molar-refractivity contribution in [3.05, 3.63) is 40.2 Å². The molecule has 5 heteroatoms. The average Bonchev–Trinajstić information content (AvgIpc) is 3.46. The quantitative estimate of drug-likeness (QED) is 0.888. The number of hydrogen-bond acceptors (Lipinski definition) is 3. The number of pyridine rings is 1. The van der Waals surface area contributed by atoms with Crippen LogP contribution in [0.1, 0.15) is 38.2 Å². The van der Waals surface area contributed by atoms with Crippen molar-refractivity contribution in [1.82, 2.24) is 9.88 Å². The molecular weight excluding hydrogens is 304 g/mol. The number of H-pyrrole nitrogens is 1. The molecule has 2 saturated carbocycles. The summed E-state index contributed by atoms with van der Waals surface area (Å²) in [7, 11) is 0. The molecule has 0 saturated heterocycles. The van der Waals surface area contributed by atoms with Crippen LogP contribution in [0.5, 0.6) is 5.75 Å². The van der Waals surface area contributed by atoms with Gasteiger partial charge in [0.1, 0.15) is 5.75 Å². The van der Waals surface area contributed by atoms with E-state index in [0.29, 0.717) is 24.8 Å². The van der Waals surface area contributed by atoms with Crippen LogP contribution in [0.4, 0.5) is 0 Å². The summed E-state index contributed by atoms with van der Waals surface area (Å²) in [5.41, 5.74) is 1.33. The number of benzene rings is 1. The van der Waals surface area contributed by atoms with E-state index in [4.69, 9.17) is 4.74 Å². The molecule has 4 rings (SSSR count). The van der Waals surface area contributed by atoms with Crippen molar-refractivity contribution < 1.29 is 9.53 Å². The first-order valence-corrected chi connectivity index (χ1v) is 8.75. The fourth-order valence-electron chi connectivity index (χ4n) is 3.13. The van der Waals surface area contributed by atoms with Crippen LogP contribution in [0.3, 0.4) is 0 Å². The number of aromatic amines is 1. The molecule has 0 radical (unpaired) electrons. The van der Waals surface area contributed by atoms with E-state index in [9.17, 15) is 9.59 Å². The van der Waals surface area contributed by atoms with Crippen molar-refractivity contribution in [2.75, 3.05) is 6.61 Å². The molecule has 1 N–H and O–H groups in total. The maximum absolute atomic E-state index is 12.5. The normalized spacial score (nSPS) is 17.0. The Morgan fingerprint density at radius 3 is 2.71 bits per heavy atom. The number of fused-ring (bicyclic) bond motifs is 1. The van der Waals surface area contributed by atoms with Crippen molar-refractivity contribution in [2.24, 2.45) is 5.92 Å². The van der Waals surface area contributed by atoms with Crippen LogP contribution in [0.25, 0.3) is 10.9 Å². The van der Waals surface area contributed by atoms with Gasteiger partial charge >= 0.3 is 0 Å².